The van der Waals surface area contributed by atoms with E-state index in [0.29, 0.717) is 11.8 Å². The highest BCUT2D eigenvalue weighted by molar-refractivity contribution is 6.12. The van der Waals surface area contributed by atoms with Crippen molar-refractivity contribution in [1.82, 2.24) is 4.98 Å². The molecule has 0 N–H and O–H groups in total. The van der Waals surface area contributed by atoms with Gasteiger partial charge in [-0.05, 0) is 58.9 Å². The molecule has 2 atom stereocenters. The average molecular weight is 356 g/mol. The summed E-state index contributed by atoms with van der Waals surface area (Å²) in [5.74, 6) is 0.952. The summed E-state index contributed by atoms with van der Waals surface area (Å²) in [6.45, 7) is 9.87. The van der Waals surface area contributed by atoms with Gasteiger partial charge in [-0.15, -0.1) is 0 Å². The molecule has 0 fully saturated rings. The Kier molecular flexibility index (Phi) is 4.67. The first-order chi connectivity index (χ1) is 12.2. The Morgan fingerprint density at radius 1 is 1.35 bits per heavy atom. The van der Waals surface area contributed by atoms with Crippen molar-refractivity contribution in [3.05, 3.63) is 35.0 Å². The summed E-state index contributed by atoms with van der Waals surface area (Å²) in [5.41, 5.74) is 3.20. The Morgan fingerprint density at radius 3 is 2.69 bits per heavy atom. The van der Waals surface area contributed by atoms with Crippen molar-refractivity contribution in [2.75, 3.05) is 7.11 Å². The summed E-state index contributed by atoms with van der Waals surface area (Å²) in [6.07, 6.45) is 4.51. The standard InChI is InChI=1S/C21H28N2O3/c1-7-21-12-13(2)10-14(21)11-16-15(8-9-17(22-16)25-6)18(21)23-19(24)26-20(3,4)5/h8-9,12,14H,7,10-11H2,1-6H3/b23-18+/t14-,21-/m0/s1. The van der Waals surface area contributed by atoms with Crippen LogP contribution in [0.2, 0.25) is 0 Å². The predicted octanol–water partition coefficient (Wildman–Crippen LogP) is 4.73. The second-order valence-electron chi connectivity index (χ2n) is 8.28. The quantitative estimate of drug-likeness (QED) is 0.719. The molecular formula is C21H28N2O3. The molecule has 0 saturated heterocycles. The van der Waals surface area contributed by atoms with Crippen molar-refractivity contribution < 1.29 is 14.3 Å². The first-order valence-corrected chi connectivity index (χ1v) is 9.23. The summed E-state index contributed by atoms with van der Waals surface area (Å²) in [4.78, 5) is 21.6. The van der Waals surface area contributed by atoms with Crippen LogP contribution in [0, 0.1) is 11.3 Å². The molecule has 0 radical (unpaired) electrons. The Labute approximate surface area is 155 Å². The van der Waals surface area contributed by atoms with Crippen molar-refractivity contribution in [2.45, 2.75) is 59.5 Å². The van der Waals surface area contributed by atoms with Crippen LogP contribution in [0.5, 0.6) is 5.88 Å². The van der Waals surface area contributed by atoms with E-state index in [2.05, 4.69) is 29.9 Å². The number of nitrogens with zero attached hydrogens (tertiary/aromatic N) is 2. The van der Waals surface area contributed by atoms with Gasteiger partial charge in [-0.1, -0.05) is 18.6 Å². The second-order valence-corrected chi connectivity index (χ2v) is 8.28. The summed E-state index contributed by atoms with van der Waals surface area (Å²) < 4.78 is 10.8. The molecule has 5 nitrogen and oxygen atoms in total. The van der Waals surface area contributed by atoms with Crippen LogP contribution in [0.1, 0.15) is 58.7 Å². The zero-order valence-corrected chi connectivity index (χ0v) is 16.5. The molecule has 2 aliphatic carbocycles. The molecule has 0 unspecified atom stereocenters. The van der Waals surface area contributed by atoms with Crippen LogP contribution >= 0.6 is 0 Å². The Balaban J connectivity index is 2.14. The van der Waals surface area contributed by atoms with E-state index in [-0.39, 0.29) is 5.41 Å². The fraction of sp³-hybridized carbons (Fsp3) is 0.571. The maximum absolute atomic E-state index is 12.5. The third-order valence-corrected chi connectivity index (χ3v) is 5.28. The van der Waals surface area contributed by atoms with Crippen LogP contribution < -0.4 is 4.74 Å². The van der Waals surface area contributed by atoms with E-state index in [1.54, 1.807) is 7.11 Å². The summed E-state index contributed by atoms with van der Waals surface area (Å²) >= 11 is 0. The molecule has 1 aromatic rings. The molecule has 0 bridgehead atoms. The van der Waals surface area contributed by atoms with E-state index < -0.39 is 11.7 Å². The molecule has 0 spiro atoms. The molecule has 26 heavy (non-hydrogen) atoms. The van der Waals surface area contributed by atoms with E-state index in [9.17, 15) is 4.79 Å². The number of aromatic nitrogens is 1. The molecule has 0 aromatic carbocycles. The van der Waals surface area contributed by atoms with Gasteiger partial charge >= 0.3 is 6.09 Å². The molecule has 2 aliphatic rings. The minimum Gasteiger partial charge on any atom is -0.481 e. The fourth-order valence-corrected chi connectivity index (χ4v) is 4.25. The number of pyridine rings is 1. The number of hydrogen-bond acceptors (Lipinski definition) is 4. The van der Waals surface area contributed by atoms with Crippen LogP contribution in [0.3, 0.4) is 0 Å². The van der Waals surface area contributed by atoms with Crippen molar-refractivity contribution in [3.63, 3.8) is 0 Å². The monoisotopic (exact) mass is 356 g/mol. The number of rotatable bonds is 2. The molecule has 0 saturated carbocycles. The van der Waals surface area contributed by atoms with Crippen molar-refractivity contribution in [1.29, 1.82) is 0 Å². The number of methoxy groups -OCH3 is 1. The number of ether oxygens (including phenoxy) is 2. The van der Waals surface area contributed by atoms with Crippen LogP contribution in [0.25, 0.3) is 0 Å². The van der Waals surface area contributed by atoms with Crippen molar-refractivity contribution >= 4 is 11.8 Å². The number of allylic oxidation sites excluding steroid dienone is 2. The number of carbonyl (C=O) groups excluding carboxylic acids is 1. The van der Waals surface area contributed by atoms with Gasteiger partial charge in [-0.25, -0.2) is 9.78 Å². The zero-order valence-electron chi connectivity index (χ0n) is 16.5. The number of carbonyl (C=O) groups is 1. The predicted molar refractivity (Wildman–Crippen MR) is 102 cm³/mol. The maximum atomic E-state index is 12.5. The molecule has 1 amide bonds. The number of fused-ring (bicyclic) bond motifs is 2. The highest BCUT2D eigenvalue weighted by atomic mass is 16.6. The zero-order chi connectivity index (χ0) is 19.1. The minimum absolute atomic E-state index is 0.232. The topological polar surface area (TPSA) is 60.8 Å². The highest BCUT2D eigenvalue weighted by Crippen LogP contribution is 2.51. The molecule has 3 rings (SSSR count). The molecular weight excluding hydrogens is 328 g/mol. The summed E-state index contributed by atoms with van der Waals surface area (Å²) in [6, 6.07) is 3.80. The SMILES string of the molecule is CC[C@]12C=C(C)C[C@H]1Cc1nc(OC)ccc1/C2=N\C(=O)OC(C)(C)C. The summed E-state index contributed by atoms with van der Waals surface area (Å²) in [5, 5.41) is 0. The van der Waals surface area contributed by atoms with Crippen LogP contribution in [-0.2, 0) is 11.2 Å². The van der Waals surface area contributed by atoms with Crippen molar-refractivity contribution in [2.24, 2.45) is 16.3 Å². The fourth-order valence-electron chi connectivity index (χ4n) is 4.25. The van der Waals surface area contributed by atoms with Gasteiger partial charge in [-0.3, -0.25) is 0 Å². The van der Waals surface area contributed by atoms with E-state index in [1.807, 2.05) is 32.9 Å². The molecule has 0 aliphatic heterocycles. The van der Waals surface area contributed by atoms with Gasteiger partial charge in [0.2, 0.25) is 5.88 Å². The van der Waals surface area contributed by atoms with Gasteiger partial charge in [0.25, 0.3) is 0 Å². The van der Waals surface area contributed by atoms with E-state index in [1.165, 1.54) is 5.57 Å². The molecule has 5 heteroatoms. The largest absolute Gasteiger partial charge is 0.481 e. The van der Waals surface area contributed by atoms with Crippen LogP contribution in [0.15, 0.2) is 28.8 Å². The van der Waals surface area contributed by atoms with Gasteiger partial charge in [0.1, 0.15) is 5.60 Å². The summed E-state index contributed by atoms with van der Waals surface area (Å²) in [7, 11) is 1.62. The molecule has 140 valence electrons. The molecule has 1 aromatic heterocycles. The number of aliphatic imine (C=N–C) groups is 1. The average Bonchev–Trinajstić information content (AvgIpc) is 2.88. The maximum Gasteiger partial charge on any atom is 0.434 e. The molecule has 1 heterocycles. The first-order valence-electron chi connectivity index (χ1n) is 9.23. The second kappa shape index (κ2) is 6.53. The smallest absolute Gasteiger partial charge is 0.434 e. The van der Waals surface area contributed by atoms with Gasteiger partial charge in [0.15, 0.2) is 0 Å². The third kappa shape index (κ3) is 3.27. The van der Waals surface area contributed by atoms with Crippen LogP contribution in [0.4, 0.5) is 4.79 Å². The third-order valence-electron chi connectivity index (χ3n) is 5.28. The lowest BCUT2D eigenvalue weighted by atomic mass is 9.64. The van der Waals surface area contributed by atoms with Crippen LogP contribution in [-0.4, -0.2) is 29.5 Å². The number of hydrogen-bond donors (Lipinski definition) is 0. The van der Waals surface area contributed by atoms with E-state index >= 15 is 0 Å². The van der Waals surface area contributed by atoms with E-state index in [0.717, 1.165) is 36.2 Å². The Hall–Kier alpha value is -2.17. The van der Waals surface area contributed by atoms with Gasteiger partial charge < -0.3 is 9.47 Å². The van der Waals surface area contributed by atoms with E-state index in [4.69, 9.17) is 9.47 Å². The lowest BCUT2D eigenvalue weighted by Crippen LogP contribution is -2.41. The number of amides is 1. The minimum atomic E-state index is -0.572. The van der Waals surface area contributed by atoms with Gasteiger partial charge in [0.05, 0.1) is 18.5 Å². The normalized spacial score (nSPS) is 26.2. The Bertz CT molecular complexity index is 789. The lowest BCUT2D eigenvalue weighted by molar-refractivity contribution is 0.0602. The van der Waals surface area contributed by atoms with Gasteiger partial charge in [0, 0.05) is 17.0 Å². The van der Waals surface area contributed by atoms with Crippen molar-refractivity contribution in [3.8, 4) is 5.88 Å². The van der Waals surface area contributed by atoms with Gasteiger partial charge in [-0.2, -0.15) is 4.99 Å². The Morgan fingerprint density at radius 2 is 2.08 bits per heavy atom. The highest BCUT2D eigenvalue weighted by Gasteiger charge is 2.49. The lowest BCUT2D eigenvalue weighted by Gasteiger charge is -2.40. The first kappa shape index (κ1) is 18.6.